The van der Waals surface area contributed by atoms with E-state index in [1.807, 2.05) is 48.5 Å². The van der Waals surface area contributed by atoms with Crippen molar-refractivity contribution in [3.63, 3.8) is 0 Å². The number of alkyl halides is 3. The van der Waals surface area contributed by atoms with Gasteiger partial charge in [-0.2, -0.15) is 13.2 Å². The first-order chi connectivity index (χ1) is 17.6. The highest BCUT2D eigenvalue weighted by molar-refractivity contribution is 5.96. The lowest BCUT2D eigenvalue weighted by molar-refractivity contribution is -0.139. The Hall–Kier alpha value is -3.75. The normalized spacial score (nSPS) is 17.9. The van der Waals surface area contributed by atoms with Crippen LogP contribution in [0.1, 0.15) is 65.5 Å². The second-order valence-corrected chi connectivity index (χ2v) is 9.84. The summed E-state index contributed by atoms with van der Waals surface area (Å²) in [5.41, 5.74) is 2.96. The third-order valence-corrected chi connectivity index (χ3v) is 7.24. The van der Waals surface area contributed by atoms with Crippen LogP contribution in [-0.4, -0.2) is 39.0 Å². The van der Waals surface area contributed by atoms with Crippen LogP contribution in [0.2, 0.25) is 0 Å². The van der Waals surface area contributed by atoms with Crippen molar-refractivity contribution in [1.82, 2.24) is 9.58 Å². The molecule has 0 fully saturated rings. The SMILES string of the molecule is CC(C)N1C(=O)c2c(O)c(=O)ccn2N(C2c3ccccc3CCc3ccccc32)C1CCC(F)(F)F. The topological polar surface area (TPSA) is 65.8 Å². The fourth-order valence-electron chi connectivity index (χ4n) is 5.66. The standard InChI is InChI=1S/C28H28F3N3O3/c1-17(2)33-23(13-15-28(29,30)31)34(32-16-14-22(35)26(36)25(32)27(33)37)24-20-9-5-3-7-18(20)11-12-19-8-4-6-10-21(19)24/h3-10,14,16-17,23-24,36H,11-13,15H2,1-2H3. The van der Waals surface area contributed by atoms with Gasteiger partial charge in [-0.25, -0.2) is 0 Å². The summed E-state index contributed by atoms with van der Waals surface area (Å²) in [5.74, 6) is -1.39. The van der Waals surface area contributed by atoms with Gasteiger partial charge in [0, 0.05) is 24.7 Å². The van der Waals surface area contributed by atoms with E-state index in [0.29, 0.717) is 0 Å². The van der Waals surface area contributed by atoms with Gasteiger partial charge >= 0.3 is 6.18 Å². The Morgan fingerprint density at radius 3 is 2.05 bits per heavy atom. The number of aryl methyl sites for hydroxylation is 2. The first-order valence-corrected chi connectivity index (χ1v) is 12.4. The largest absolute Gasteiger partial charge is 0.502 e. The molecule has 1 N–H and O–H groups in total. The molecule has 194 valence electrons. The van der Waals surface area contributed by atoms with Gasteiger partial charge < -0.3 is 10.0 Å². The van der Waals surface area contributed by atoms with Crippen LogP contribution in [0.4, 0.5) is 13.2 Å². The maximum Gasteiger partial charge on any atom is 0.389 e. The van der Waals surface area contributed by atoms with E-state index in [2.05, 4.69) is 0 Å². The molecule has 1 aromatic heterocycles. The molecule has 0 saturated carbocycles. The molecule has 3 aromatic rings. The number of nitrogens with zero attached hydrogens (tertiary/aromatic N) is 3. The fourth-order valence-corrected chi connectivity index (χ4v) is 5.66. The summed E-state index contributed by atoms with van der Waals surface area (Å²) < 4.78 is 42.0. The van der Waals surface area contributed by atoms with Gasteiger partial charge in [0.05, 0.1) is 6.04 Å². The minimum atomic E-state index is -4.43. The van der Waals surface area contributed by atoms with Gasteiger partial charge in [-0.3, -0.25) is 19.3 Å². The molecular weight excluding hydrogens is 483 g/mol. The van der Waals surface area contributed by atoms with Crippen LogP contribution in [0.25, 0.3) is 0 Å². The molecule has 0 radical (unpaired) electrons. The molecule has 37 heavy (non-hydrogen) atoms. The van der Waals surface area contributed by atoms with Gasteiger partial charge in [-0.1, -0.05) is 48.5 Å². The minimum absolute atomic E-state index is 0.247. The Morgan fingerprint density at radius 2 is 1.51 bits per heavy atom. The van der Waals surface area contributed by atoms with Crippen LogP contribution in [0.3, 0.4) is 0 Å². The molecule has 2 heterocycles. The van der Waals surface area contributed by atoms with E-state index in [1.165, 1.54) is 15.8 Å². The highest BCUT2D eigenvalue weighted by Crippen LogP contribution is 2.41. The molecule has 9 heteroatoms. The van der Waals surface area contributed by atoms with E-state index < -0.39 is 47.9 Å². The van der Waals surface area contributed by atoms with Gasteiger partial charge in [0.1, 0.15) is 6.17 Å². The average Bonchev–Trinajstić information content (AvgIpc) is 3.01. The number of pyridine rings is 1. The highest BCUT2D eigenvalue weighted by Gasteiger charge is 2.46. The summed E-state index contributed by atoms with van der Waals surface area (Å²) in [7, 11) is 0. The third-order valence-electron chi connectivity index (χ3n) is 7.24. The second kappa shape index (κ2) is 9.28. The summed E-state index contributed by atoms with van der Waals surface area (Å²) in [4.78, 5) is 27.4. The van der Waals surface area contributed by atoms with Crippen LogP contribution in [-0.2, 0) is 12.8 Å². The summed E-state index contributed by atoms with van der Waals surface area (Å²) in [6, 6.07) is 15.7. The van der Waals surface area contributed by atoms with Gasteiger partial charge in [0.25, 0.3) is 5.91 Å². The molecule has 6 nitrogen and oxygen atoms in total. The number of halogens is 3. The van der Waals surface area contributed by atoms with Crippen molar-refractivity contribution in [2.75, 3.05) is 5.01 Å². The van der Waals surface area contributed by atoms with Crippen molar-refractivity contribution in [2.45, 2.75) is 64.0 Å². The van der Waals surface area contributed by atoms with E-state index in [9.17, 15) is 27.9 Å². The van der Waals surface area contributed by atoms with Gasteiger partial charge in [0.15, 0.2) is 11.4 Å². The number of hydrogen-bond donors (Lipinski definition) is 1. The average molecular weight is 512 g/mol. The number of fused-ring (bicyclic) bond motifs is 3. The van der Waals surface area contributed by atoms with Crippen molar-refractivity contribution in [3.05, 3.63) is 99.0 Å². The molecule has 0 spiro atoms. The van der Waals surface area contributed by atoms with Gasteiger partial charge in [0.2, 0.25) is 5.43 Å². The lowest BCUT2D eigenvalue weighted by Crippen LogP contribution is -2.64. The number of benzene rings is 2. The lowest BCUT2D eigenvalue weighted by atomic mass is 9.92. The van der Waals surface area contributed by atoms with Crippen LogP contribution in [0.15, 0.2) is 65.6 Å². The molecule has 2 aromatic carbocycles. The maximum absolute atomic E-state index is 13.7. The summed E-state index contributed by atoms with van der Waals surface area (Å²) >= 11 is 0. The monoisotopic (exact) mass is 511 g/mol. The smallest absolute Gasteiger partial charge is 0.389 e. The Balaban J connectivity index is 1.82. The number of rotatable bonds is 4. The van der Waals surface area contributed by atoms with Crippen molar-refractivity contribution in [2.24, 2.45) is 0 Å². The van der Waals surface area contributed by atoms with E-state index in [1.54, 1.807) is 18.9 Å². The molecule has 0 saturated heterocycles. The Kier molecular flexibility index (Phi) is 6.25. The van der Waals surface area contributed by atoms with Crippen LogP contribution >= 0.6 is 0 Å². The van der Waals surface area contributed by atoms with E-state index in [-0.39, 0.29) is 12.1 Å². The predicted octanol–water partition coefficient (Wildman–Crippen LogP) is 4.91. The Bertz CT molecular complexity index is 1350. The van der Waals surface area contributed by atoms with Crippen LogP contribution in [0, 0.1) is 0 Å². The minimum Gasteiger partial charge on any atom is -0.502 e. The number of aromatic hydroxyl groups is 1. The first kappa shape index (κ1) is 24.9. The van der Waals surface area contributed by atoms with Gasteiger partial charge in [-0.15, -0.1) is 0 Å². The zero-order valence-corrected chi connectivity index (χ0v) is 20.6. The van der Waals surface area contributed by atoms with Gasteiger partial charge in [-0.05, 0) is 55.4 Å². The lowest BCUT2D eigenvalue weighted by Gasteiger charge is -2.51. The van der Waals surface area contributed by atoms with E-state index in [4.69, 9.17) is 0 Å². The molecule has 0 bridgehead atoms. The number of amides is 1. The van der Waals surface area contributed by atoms with Crippen LogP contribution in [0.5, 0.6) is 5.75 Å². The summed E-state index contributed by atoms with van der Waals surface area (Å²) in [5, 5.41) is 12.5. The molecule has 1 amide bonds. The van der Waals surface area contributed by atoms with E-state index in [0.717, 1.165) is 41.2 Å². The predicted molar refractivity (Wildman–Crippen MR) is 133 cm³/mol. The van der Waals surface area contributed by atoms with Crippen molar-refractivity contribution < 1.29 is 23.1 Å². The maximum atomic E-state index is 13.7. The molecule has 1 atom stereocenters. The first-order valence-electron chi connectivity index (χ1n) is 12.4. The molecule has 2 aliphatic rings. The van der Waals surface area contributed by atoms with Crippen molar-refractivity contribution >= 4 is 5.91 Å². The van der Waals surface area contributed by atoms with Crippen LogP contribution < -0.4 is 10.4 Å². The molecule has 1 aliphatic heterocycles. The fraction of sp³-hybridized carbons (Fsp3) is 0.357. The Labute approximate surface area is 212 Å². The quantitative estimate of drug-likeness (QED) is 0.541. The number of hydrogen-bond acceptors (Lipinski definition) is 4. The molecule has 1 unspecified atom stereocenters. The summed E-state index contributed by atoms with van der Waals surface area (Å²) in [6.07, 6.45) is -4.01. The number of aromatic nitrogens is 1. The molecular formula is C28H28F3N3O3. The third kappa shape index (κ3) is 4.36. The molecule has 5 rings (SSSR count). The summed E-state index contributed by atoms with van der Waals surface area (Å²) in [6.45, 7) is 3.44. The molecule has 1 aliphatic carbocycles. The van der Waals surface area contributed by atoms with E-state index >= 15 is 0 Å². The highest BCUT2D eigenvalue weighted by atomic mass is 19.4. The zero-order valence-electron chi connectivity index (χ0n) is 20.6. The number of carbonyl (C=O) groups is 1. The number of carbonyl (C=O) groups excluding carboxylic acids is 1. The van der Waals surface area contributed by atoms with Crippen molar-refractivity contribution in [1.29, 1.82) is 0 Å². The Morgan fingerprint density at radius 1 is 0.946 bits per heavy atom. The second-order valence-electron chi connectivity index (χ2n) is 9.84. The van der Waals surface area contributed by atoms with Crippen molar-refractivity contribution in [3.8, 4) is 5.75 Å². The zero-order chi connectivity index (χ0) is 26.5.